The third kappa shape index (κ3) is 4.58. The van der Waals surface area contributed by atoms with Crippen LogP contribution < -0.4 is 0 Å². The van der Waals surface area contributed by atoms with Crippen molar-refractivity contribution in [2.45, 2.75) is 39.8 Å². The minimum Gasteiger partial charge on any atom is -0.441 e. The van der Waals surface area contributed by atoms with E-state index in [1.165, 1.54) is 29.8 Å². The molecule has 1 unspecified atom stereocenters. The quantitative estimate of drug-likeness (QED) is 0.230. The van der Waals surface area contributed by atoms with Gasteiger partial charge in [-0.3, -0.25) is 0 Å². The molecule has 196 valence electrons. The van der Waals surface area contributed by atoms with Crippen molar-refractivity contribution in [3.05, 3.63) is 107 Å². The molecule has 2 aromatic heterocycles. The number of rotatable bonds is 4. The number of nitrogens with zero attached hydrogens (tertiary/aromatic N) is 2. The Balaban J connectivity index is 1.40. The van der Waals surface area contributed by atoms with Crippen LogP contribution >= 0.6 is 0 Å². The molecule has 1 atom stereocenters. The minimum absolute atomic E-state index is 0.0982. The largest absolute Gasteiger partial charge is 0.441 e. The zero-order valence-electron chi connectivity index (χ0n) is 21.9. The summed E-state index contributed by atoms with van der Waals surface area (Å²) >= 11 is 0. The van der Waals surface area contributed by atoms with E-state index in [0.717, 1.165) is 16.7 Å². The van der Waals surface area contributed by atoms with Crippen molar-refractivity contribution >= 4 is 22.2 Å². The van der Waals surface area contributed by atoms with Gasteiger partial charge in [0, 0.05) is 12.5 Å². The lowest BCUT2D eigenvalue weighted by Gasteiger charge is -2.22. The summed E-state index contributed by atoms with van der Waals surface area (Å²) in [5, 5.41) is 0. The molecular formula is C32H25F3N2O2. The van der Waals surface area contributed by atoms with Gasteiger partial charge in [0.25, 0.3) is 0 Å². The summed E-state index contributed by atoms with van der Waals surface area (Å²) in [6.07, 6.45) is -4.53. The first-order valence-electron chi connectivity index (χ1n) is 12.6. The molecule has 0 amide bonds. The molecule has 7 heteroatoms. The van der Waals surface area contributed by atoms with E-state index in [9.17, 15) is 13.2 Å². The number of hydrogen-bond donors (Lipinski definition) is 0. The highest BCUT2D eigenvalue weighted by atomic mass is 19.4. The van der Waals surface area contributed by atoms with Crippen LogP contribution in [-0.2, 0) is 0 Å². The Hall–Kier alpha value is -4.39. The molecule has 6 rings (SSSR count). The predicted octanol–water partition coefficient (Wildman–Crippen LogP) is 9.23. The molecule has 0 aliphatic rings. The molecular weight excluding hydrogens is 501 g/mol. The van der Waals surface area contributed by atoms with Gasteiger partial charge in [0.2, 0.25) is 5.89 Å². The molecule has 0 spiro atoms. The number of aryl methyl sites for hydroxylation is 4. The second-order valence-electron chi connectivity index (χ2n) is 10.0. The van der Waals surface area contributed by atoms with E-state index in [2.05, 4.69) is 34.2 Å². The Bertz CT molecular complexity index is 1830. The second-order valence-corrected chi connectivity index (χ2v) is 10.0. The topological polar surface area (TPSA) is 52.1 Å². The van der Waals surface area contributed by atoms with Crippen LogP contribution in [0.2, 0.25) is 0 Å². The minimum atomic E-state index is -4.53. The van der Waals surface area contributed by atoms with Crippen molar-refractivity contribution < 1.29 is 22.0 Å². The molecule has 0 radical (unpaired) electrons. The summed E-state index contributed by atoms with van der Waals surface area (Å²) in [5.41, 5.74) is 7.24. The number of alkyl halides is 3. The monoisotopic (exact) mass is 526 g/mol. The first-order valence-corrected chi connectivity index (χ1v) is 12.6. The van der Waals surface area contributed by atoms with E-state index in [-0.39, 0.29) is 11.1 Å². The lowest BCUT2D eigenvalue weighted by atomic mass is 9.88. The average Bonchev–Trinajstić information content (AvgIpc) is 3.48. The Morgan fingerprint density at radius 1 is 0.615 bits per heavy atom. The van der Waals surface area contributed by atoms with Crippen molar-refractivity contribution in [3.8, 4) is 22.6 Å². The number of halogens is 3. The van der Waals surface area contributed by atoms with E-state index >= 15 is 0 Å². The molecule has 0 saturated carbocycles. The zero-order valence-corrected chi connectivity index (χ0v) is 21.9. The molecule has 0 aliphatic carbocycles. The summed E-state index contributed by atoms with van der Waals surface area (Å²) in [4.78, 5) is 8.85. The fourth-order valence-corrected chi connectivity index (χ4v) is 5.14. The van der Waals surface area contributed by atoms with Gasteiger partial charge in [-0.1, -0.05) is 54.1 Å². The normalized spacial score (nSPS) is 12.9. The molecule has 4 nitrogen and oxygen atoms in total. The fraction of sp³-hybridized carbons (Fsp3) is 0.188. The molecule has 0 fully saturated rings. The van der Waals surface area contributed by atoms with Crippen LogP contribution in [0.1, 0.15) is 39.6 Å². The van der Waals surface area contributed by atoms with Crippen molar-refractivity contribution in [1.29, 1.82) is 0 Å². The summed E-state index contributed by atoms with van der Waals surface area (Å²) in [6.45, 7) is 7.19. The van der Waals surface area contributed by atoms with Crippen LogP contribution in [0.5, 0.6) is 0 Å². The lowest BCUT2D eigenvalue weighted by Crippen LogP contribution is -2.22. The number of oxazole rings is 2. The van der Waals surface area contributed by atoms with Gasteiger partial charge in [0.1, 0.15) is 17.0 Å². The first-order chi connectivity index (χ1) is 18.6. The van der Waals surface area contributed by atoms with E-state index < -0.39 is 12.1 Å². The average molecular weight is 527 g/mol. The molecule has 39 heavy (non-hydrogen) atoms. The standard InChI is InChI=1S/C32H25F3N2O2/c1-17-5-7-21(8-6-17)22-9-11-23(12-10-22)31-37-27-16-25(14-19(3)30(27)39-31)28(32(33,34)35)24-13-18(2)29-26(15-24)36-20(4)38-29/h5-16,28H,1-4H3. The van der Waals surface area contributed by atoms with E-state index in [1.807, 2.05) is 31.2 Å². The van der Waals surface area contributed by atoms with Gasteiger partial charge in [0.05, 0.1) is 0 Å². The molecule has 0 N–H and O–H groups in total. The van der Waals surface area contributed by atoms with Gasteiger partial charge in [-0.2, -0.15) is 13.2 Å². The van der Waals surface area contributed by atoms with Gasteiger partial charge in [-0.25, -0.2) is 9.97 Å². The first kappa shape index (κ1) is 24.9. The van der Waals surface area contributed by atoms with Crippen LogP contribution in [0.4, 0.5) is 13.2 Å². The third-order valence-corrected chi connectivity index (χ3v) is 7.01. The summed E-state index contributed by atoms with van der Waals surface area (Å²) in [7, 11) is 0. The Kier molecular flexibility index (Phi) is 5.83. The fourth-order valence-electron chi connectivity index (χ4n) is 5.14. The van der Waals surface area contributed by atoms with Gasteiger partial charge in [-0.05, 0) is 78.4 Å². The maximum atomic E-state index is 14.5. The van der Waals surface area contributed by atoms with Crippen molar-refractivity contribution in [3.63, 3.8) is 0 Å². The molecule has 4 aromatic carbocycles. The van der Waals surface area contributed by atoms with Crippen LogP contribution in [0.25, 0.3) is 44.8 Å². The van der Waals surface area contributed by atoms with Gasteiger partial charge >= 0.3 is 6.18 Å². The van der Waals surface area contributed by atoms with E-state index in [4.69, 9.17) is 8.83 Å². The Labute approximate surface area is 223 Å². The van der Waals surface area contributed by atoms with Crippen LogP contribution in [0, 0.1) is 27.7 Å². The maximum absolute atomic E-state index is 14.5. The highest BCUT2D eigenvalue weighted by Crippen LogP contribution is 2.43. The smallest absolute Gasteiger partial charge is 0.399 e. The van der Waals surface area contributed by atoms with Crippen LogP contribution in [0.15, 0.2) is 81.6 Å². The molecule has 0 bridgehead atoms. The highest BCUT2D eigenvalue weighted by Gasteiger charge is 2.42. The number of aromatic nitrogens is 2. The highest BCUT2D eigenvalue weighted by molar-refractivity contribution is 5.82. The molecule has 2 heterocycles. The zero-order chi connectivity index (χ0) is 27.5. The lowest BCUT2D eigenvalue weighted by molar-refractivity contribution is -0.141. The number of benzene rings is 4. The molecule has 6 aromatic rings. The van der Waals surface area contributed by atoms with Crippen LogP contribution in [0.3, 0.4) is 0 Å². The summed E-state index contributed by atoms with van der Waals surface area (Å²) in [6, 6.07) is 22.0. The Morgan fingerprint density at radius 2 is 1.10 bits per heavy atom. The summed E-state index contributed by atoms with van der Waals surface area (Å²) < 4.78 is 55.2. The van der Waals surface area contributed by atoms with E-state index in [0.29, 0.717) is 45.1 Å². The van der Waals surface area contributed by atoms with Gasteiger partial charge in [0.15, 0.2) is 17.1 Å². The second kappa shape index (κ2) is 9.12. The molecule has 0 saturated heterocycles. The Morgan fingerprint density at radius 3 is 1.67 bits per heavy atom. The van der Waals surface area contributed by atoms with Gasteiger partial charge in [-0.15, -0.1) is 0 Å². The van der Waals surface area contributed by atoms with Crippen molar-refractivity contribution in [2.24, 2.45) is 0 Å². The molecule has 0 aliphatic heterocycles. The van der Waals surface area contributed by atoms with Crippen LogP contribution in [-0.4, -0.2) is 16.1 Å². The maximum Gasteiger partial charge on any atom is 0.399 e. The van der Waals surface area contributed by atoms with E-state index in [1.54, 1.807) is 20.8 Å². The number of hydrogen-bond acceptors (Lipinski definition) is 4. The summed E-state index contributed by atoms with van der Waals surface area (Å²) in [5.74, 6) is -1.08. The SMILES string of the molecule is Cc1ccc(-c2ccc(-c3nc4cc(C(c5cc(C)c6oc(C)nc6c5)C(F)(F)F)cc(C)c4o3)cc2)cc1. The van der Waals surface area contributed by atoms with Crippen molar-refractivity contribution in [2.75, 3.05) is 0 Å². The predicted molar refractivity (Wildman–Crippen MR) is 146 cm³/mol. The third-order valence-electron chi connectivity index (χ3n) is 7.01. The van der Waals surface area contributed by atoms with Gasteiger partial charge < -0.3 is 8.83 Å². The number of fused-ring (bicyclic) bond motifs is 2. The van der Waals surface area contributed by atoms with Crippen molar-refractivity contribution in [1.82, 2.24) is 9.97 Å².